The average molecular weight is 397 g/mol. The van der Waals surface area contributed by atoms with Crippen molar-refractivity contribution in [1.29, 1.82) is 0 Å². The van der Waals surface area contributed by atoms with E-state index in [1.54, 1.807) is 18.2 Å². The van der Waals surface area contributed by atoms with Crippen molar-refractivity contribution >= 4 is 27.5 Å². The highest BCUT2D eigenvalue weighted by atomic mass is 16.5. The highest BCUT2D eigenvalue weighted by molar-refractivity contribution is 5.85. The number of carbonyl (C=O) groups excluding carboxylic acids is 1. The van der Waals surface area contributed by atoms with Crippen LogP contribution < -0.4 is 15.6 Å². The van der Waals surface area contributed by atoms with Crippen molar-refractivity contribution in [2.45, 2.75) is 13.1 Å². The molecule has 0 unspecified atom stereocenters. The molecule has 30 heavy (non-hydrogen) atoms. The third-order valence-electron chi connectivity index (χ3n) is 4.73. The van der Waals surface area contributed by atoms with Crippen LogP contribution in [0.1, 0.15) is 5.69 Å². The van der Waals surface area contributed by atoms with Gasteiger partial charge in [-0.1, -0.05) is 54.5 Å². The smallest absolute Gasteiger partial charge is 0.275 e. The first-order valence-electron chi connectivity index (χ1n) is 9.46. The Labute approximate surface area is 173 Å². The van der Waals surface area contributed by atoms with Gasteiger partial charge in [0.2, 0.25) is 0 Å². The van der Waals surface area contributed by atoms with Gasteiger partial charge in [0.25, 0.3) is 11.5 Å². The van der Waals surface area contributed by atoms with E-state index in [2.05, 4.69) is 16.3 Å². The zero-order valence-corrected chi connectivity index (χ0v) is 16.2. The maximum absolute atomic E-state index is 12.5. The molecule has 0 aliphatic heterocycles. The number of rotatable bonds is 6. The van der Waals surface area contributed by atoms with E-state index in [1.807, 2.05) is 48.5 Å². The van der Waals surface area contributed by atoms with Gasteiger partial charge in [-0.2, -0.15) is 5.10 Å². The lowest BCUT2D eigenvalue weighted by molar-refractivity contribution is -0.123. The molecule has 4 rings (SSSR count). The summed E-state index contributed by atoms with van der Waals surface area (Å²) in [5, 5.41) is 10.5. The minimum absolute atomic E-state index is 0.0652. The fourth-order valence-corrected chi connectivity index (χ4v) is 3.27. The van der Waals surface area contributed by atoms with Crippen LogP contribution in [-0.2, 0) is 17.9 Å². The molecule has 0 aliphatic carbocycles. The number of terminal acetylenes is 1. The summed E-state index contributed by atoms with van der Waals surface area (Å²) in [6.07, 6.45) is 5.34. The minimum Gasteiger partial charge on any atom is -0.484 e. The first-order chi connectivity index (χ1) is 14.7. The number of amides is 1. The Bertz CT molecular complexity index is 1340. The SMILES string of the molecule is C#CCn1nc(CNC(=O)COc2ccc3ccccc3c2)c2ccccc2c1=O. The minimum atomic E-state index is -0.288. The summed E-state index contributed by atoms with van der Waals surface area (Å²) in [5.41, 5.74) is 0.317. The fourth-order valence-electron chi connectivity index (χ4n) is 3.27. The van der Waals surface area contributed by atoms with E-state index in [9.17, 15) is 9.59 Å². The van der Waals surface area contributed by atoms with Crippen LogP contribution in [0.5, 0.6) is 5.75 Å². The Balaban J connectivity index is 1.45. The summed E-state index contributed by atoms with van der Waals surface area (Å²) in [6, 6.07) is 20.7. The highest BCUT2D eigenvalue weighted by Crippen LogP contribution is 2.20. The van der Waals surface area contributed by atoms with Gasteiger partial charge in [-0.05, 0) is 29.0 Å². The maximum Gasteiger partial charge on any atom is 0.275 e. The van der Waals surface area contributed by atoms with Crippen LogP contribution in [0, 0.1) is 12.3 Å². The number of carbonyl (C=O) groups is 1. The number of aromatic nitrogens is 2. The summed E-state index contributed by atoms with van der Waals surface area (Å²) in [5.74, 6) is 2.76. The number of ether oxygens (including phenoxy) is 1. The molecule has 3 aromatic carbocycles. The average Bonchev–Trinajstić information content (AvgIpc) is 2.78. The summed E-state index contributed by atoms with van der Waals surface area (Å²) in [4.78, 5) is 24.8. The van der Waals surface area contributed by atoms with E-state index >= 15 is 0 Å². The molecule has 1 aromatic heterocycles. The van der Waals surface area contributed by atoms with Crippen LogP contribution in [0.15, 0.2) is 71.5 Å². The van der Waals surface area contributed by atoms with E-state index in [0.717, 1.165) is 10.8 Å². The van der Waals surface area contributed by atoms with Gasteiger partial charge in [0, 0.05) is 5.39 Å². The van der Waals surface area contributed by atoms with Crippen LogP contribution in [0.25, 0.3) is 21.5 Å². The van der Waals surface area contributed by atoms with Gasteiger partial charge < -0.3 is 10.1 Å². The third-order valence-corrected chi connectivity index (χ3v) is 4.73. The van der Waals surface area contributed by atoms with Gasteiger partial charge in [0.05, 0.1) is 17.6 Å². The molecule has 0 fully saturated rings. The highest BCUT2D eigenvalue weighted by Gasteiger charge is 2.11. The van der Waals surface area contributed by atoms with Crippen LogP contribution in [-0.4, -0.2) is 22.3 Å². The topological polar surface area (TPSA) is 73.2 Å². The zero-order chi connectivity index (χ0) is 20.9. The molecule has 1 heterocycles. The van der Waals surface area contributed by atoms with E-state index in [1.165, 1.54) is 4.68 Å². The molecule has 0 saturated heterocycles. The van der Waals surface area contributed by atoms with Gasteiger partial charge in [0.1, 0.15) is 12.3 Å². The molecule has 1 amide bonds. The molecular formula is C24H19N3O3. The van der Waals surface area contributed by atoms with E-state index in [4.69, 9.17) is 11.2 Å². The second-order valence-corrected chi connectivity index (χ2v) is 6.73. The molecular weight excluding hydrogens is 378 g/mol. The van der Waals surface area contributed by atoms with Crippen molar-refractivity contribution in [3.05, 3.63) is 82.8 Å². The van der Waals surface area contributed by atoms with Crippen molar-refractivity contribution in [2.24, 2.45) is 0 Å². The van der Waals surface area contributed by atoms with Crippen molar-refractivity contribution in [3.63, 3.8) is 0 Å². The molecule has 148 valence electrons. The van der Waals surface area contributed by atoms with Crippen molar-refractivity contribution in [1.82, 2.24) is 15.1 Å². The largest absolute Gasteiger partial charge is 0.484 e. The van der Waals surface area contributed by atoms with E-state index in [-0.39, 0.29) is 31.2 Å². The normalized spacial score (nSPS) is 10.6. The number of fused-ring (bicyclic) bond motifs is 2. The number of nitrogens with one attached hydrogen (secondary N) is 1. The second kappa shape index (κ2) is 8.50. The lowest BCUT2D eigenvalue weighted by Gasteiger charge is -2.11. The Morgan fingerprint density at radius 2 is 1.77 bits per heavy atom. The first-order valence-corrected chi connectivity index (χ1v) is 9.46. The Morgan fingerprint density at radius 3 is 2.57 bits per heavy atom. The predicted octanol–water partition coefficient (Wildman–Crippen LogP) is 2.88. The maximum atomic E-state index is 12.5. The van der Waals surface area contributed by atoms with E-state index < -0.39 is 0 Å². The monoisotopic (exact) mass is 397 g/mol. The van der Waals surface area contributed by atoms with Gasteiger partial charge in [-0.15, -0.1) is 6.42 Å². The number of hydrogen-bond acceptors (Lipinski definition) is 4. The second-order valence-electron chi connectivity index (χ2n) is 6.73. The van der Waals surface area contributed by atoms with Crippen molar-refractivity contribution in [3.8, 4) is 18.1 Å². The van der Waals surface area contributed by atoms with E-state index in [0.29, 0.717) is 22.2 Å². The molecule has 0 atom stereocenters. The molecule has 0 bridgehead atoms. The van der Waals surface area contributed by atoms with Crippen molar-refractivity contribution < 1.29 is 9.53 Å². The summed E-state index contributed by atoms with van der Waals surface area (Å²) in [7, 11) is 0. The summed E-state index contributed by atoms with van der Waals surface area (Å²) < 4.78 is 6.85. The Hall–Kier alpha value is -4.11. The molecule has 0 aliphatic rings. The van der Waals surface area contributed by atoms with Gasteiger partial charge in [-0.3, -0.25) is 9.59 Å². The zero-order valence-electron chi connectivity index (χ0n) is 16.2. The molecule has 6 nitrogen and oxygen atoms in total. The lowest BCUT2D eigenvalue weighted by Crippen LogP contribution is -2.31. The van der Waals surface area contributed by atoms with Gasteiger partial charge >= 0.3 is 0 Å². The molecule has 0 radical (unpaired) electrons. The summed E-state index contributed by atoms with van der Waals surface area (Å²) in [6.45, 7) is 0.0984. The van der Waals surface area contributed by atoms with Crippen LogP contribution in [0.2, 0.25) is 0 Å². The Morgan fingerprint density at radius 1 is 1.03 bits per heavy atom. The van der Waals surface area contributed by atoms with Crippen LogP contribution in [0.3, 0.4) is 0 Å². The quantitative estimate of drug-likeness (QED) is 0.508. The molecule has 6 heteroatoms. The first kappa shape index (κ1) is 19.2. The molecule has 0 spiro atoms. The fraction of sp³-hybridized carbons (Fsp3) is 0.125. The molecule has 0 saturated carbocycles. The van der Waals surface area contributed by atoms with Crippen molar-refractivity contribution in [2.75, 3.05) is 6.61 Å². The standard InChI is InChI=1S/C24H19N3O3/c1-2-13-27-24(29)21-10-6-5-9-20(21)22(26-27)15-25-23(28)16-30-19-12-11-17-7-3-4-8-18(17)14-19/h1,3-12,14H,13,15-16H2,(H,25,28). The number of benzene rings is 3. The lowest BCUT2D eigenvalue weighted by atomic mass is 10.1. The third kappa shape index (κ3) is 4.01. The van der Waals surface area contributed by atoms with Gasteiger partial charge in [-0.25, -0.2) is 4.68 Å². The van der Waals surface area contributed by atoms with Crippen LogP contribution in [0.4, 0.5) is 0 Å². The van der Waals surface area contributed by atoms with Gasteiger partial charge in [0.15, 0.2) is 6.61 Å². The Kier molecular flexibility index (Phi) is 5.44. The predicted molar refractivity (Wildman–Crippen MR) is 116 cm³/mol. The molecule has 4 aromatic rings. The molecule has 1 N–H and O–H groups in total. The number of nitrogens with zero attached hydrogens (tertiary/aromatic N) is 2. The number of hydrogen-bond donors (Lipinski definition) is 1. The van der Waals surface area contributed by atoms with Crippen LogP contribution >= 0.6 is 0 Å². The summed E-state index contributed by atoms with van der Waals surface area (Å²) >= 11 is 0.